The second-order valence-corrected chi connectivity index (χ2v) is 6.20. The molecule has 126 valence electrons. The fourth-order valence-electron chi connectivity index (χ4n) is 3.29. The van der Waals surface area contributed by atoms with Crippen LogP contribution in [0.15, 0.2) is 57.7 Å². The molecule has 1 aliphatic rings. The maximum absolute atomic E-state index is 12.6. The fraction of sp³-hybridized carbons (Fsp3) is 0.167. The van der Waals surface area contributed by atoms with Crippen molar-refractivity contribution in [3.8, 4) is 5.75 Å². The van der Waals surface area contributed by atoms with E-state index in [2.05, 4.69) is 0 Å². The first-order valence-corrected chi connectivity index (χ1v) is 8.02. The smallest absolute Gasteiger partial charge is 0.344 e. The summed E-state index contributed by atoms with van der Waals surface area (Å²) < 4.78 is 11.0. The third-order valence-corrected chi connectivity index (χ3v) is 4.75. The van der Waals surface area contributed by atoms with Crippen LogP contribution in [-0.2, 0) is 0 Å². The number of benzene rings is 2. The molecule has 2 atom stereocenters. The molecule has 0 amide bonds. The summed E-state index contributed by atoms with van der Waals surface area (Å²) in [6.45, 7) is -0.149. The van der Waals surface area contributed by atoms with Crippen molar-refractivity contribution in [1.82, 2.24) is 0 Å². The van der Waals surface area contributed by atoms with Crippen molar-refractivity contribution in [3.63, 3.8) is 0 Å². The van der Waals surface area contributed by atoms with Crippen molar-refractivity contribution in [3.05, 3.63) is 85.2 Å². The van der Waals surface area contributed by atoms with Gasteiger partial charge in [-0.05, 0) is 23.8 Å². The van der Waals surface area contributed by atoms with Gasteiger partial charge in [-0.25, -0.2) is 4.79 Å². The van der Waals surface area contributed by atoms with Gasteiger partial charge in [-0.1, -0.05) is 41.9 Å². The summed E-state index contributed by atoms with van der Waals surface area (Å²) in [4.78, 5) is 23.8. The van der Waals surface area contributed by atoms with Gasteiger partial charge < -0.3 is 9.15 Å². The molecule has 0 spiro atoms. The highest BCUT2D eigenvalue weighted by atomic mass is 35.5. The number of hydrogen-bond donors (Lipinski definition) is 0. The van der Waals surface area contributed by atoms with Crippen LogP contribution in [0.3, 0.4) is 0 Å². The third-order valence-electron chi connectivity index (χ3n) is 4.40. The predicted molar refractivity (Wildman–Crippen MR) is 92.1 cm³/mol. The molecule has 4 rings (SSSR count). The van der Waals surface area contributed by atoms with E-state index in [1.54, 1.807) is 48.5 Å². The van der Waals surface area contributed by atoms with Gasteiger partial charge in [0.25, 0.3) is 6.04 Å². The molecule has 25 heavy (non-hydrogen) atoms. The van der Waals surface area contributed by atoms with Crippen LogP contribution in [0.1, 0.15) is 17.0 Å². The van der Waals surface area contributed by atoms with Gasteiger partial charge in [0.1, 0.15) is 11.3 Å². The van der Waals surface area contributed by atoms with E-state index < -0.39 is 22.5 Å². The molecule has 0 N–H and O–H groups in total. The zero-order valence-corrected chi connectivity index (χ0v) is 13.6. The first-order chi connectivity index (χ1) is 12.1. The Labute approximate surface area is 146 Å². The Morgan fingerprint density at radius 3 is 2.60 bits per heavy atom. The monoisotopic (exact) mass is 357 g/mol. The predicted octanol–water partition coefficient (Wildman–Crippen LogP) is 3.62. The largest absolute Gasteiger partial charge is 0.485 e. The van der Waals surface area contributed by atoms with Gasteiger partial charge in [-0.15, -0.1) is 0 Å². The summed E-state index contributed by atoms with van der Waals surface area (Å²) in [7, 11) is 0. The minimum atomic E-state index is -1.13. The van der Waals surface area contributed by atoms with E-state index in [-0.39, 0.29) is 12.2 Å². The van der Waals surface area contributed by atoms with Crippen molar-refractivity contribution in [2.24, 2.45) is 0 Å². The lowest BCUT2D eigenvalue weighted by molar-refractivity contribution is -0.528. The Hall–Kier alpha value is -2.86. The maximum atomic E-state index is 12.6. The van der Waals surface area contributed by atoms with E-state index in [0.29, 0.717) is 27.3 Å². The SMILES string of the molecule is O=c1oc2ccccc2c2c1[C@H](c1ccccc1Cl)[C@@H]([N+](=O)[O-])CO2. The lowest BCUT2D eigenvalue weighted by Crippen LogP contribution is -2.40. The number of rotatable bonds is 2. The third kappa shape index (κ3) is 2.46. The van der Waals surface area contributed by atoms with Crippen molar-refractivity contribution in [1.29, 1.82) is 0 Å². The lowest BCUT2D eigenvalue weighted by atomic mass is 9.83. The van der Waals surface area contributed by atoms with Gasteiger partial charge in [0.2, 0.25) is 0 Å². The zero-order valence-electron chi connectivity index (χ0n) is 12.8. The number of nitro groups is 1. The minimum absolute atomic E-state index is 0.139. The van der Waals surface area contributed by atoms with Gasteiger partial charge in [-0.2, -0.15) is 0 Å². The maximum Gasteiger partial charge on any atom is 0.344 e. The number of para-hydroxylation sites is 1. The summed E-state index contributed by atoms with van der Waals surface area (Å²) in [6, 6.07) is 12.6. The van der Waals surface area contributed by atoms with Crippen LogP contribution >= 0.6 is 11.6 Å². The summed E-state index contributed by atoms with van der Waals surface area (Å²) in [5, 5.41) is 12.6. The van der Waals surface area contributed by atoms with Crippen LogP contribution in [0.4, 0.5) is 0 Å². The number of nitrogens with zero attached hydrogens (tertiary/aromatic N) is 1. The van der Waals surface area contributed by atoms with Crippen LogP contribution in [0.25, 0.3) is 11.0 Å². The van der Waals surface area contributed by atoms with Crippen LogP contribution in [0.5, 0.6) is 5.75 Å². The van der Waals surface area contributed by atoms with Gasteiger partial charge in [0.05, 0.1) is 16.9 Å². The minimum Gasteiger partial charge on any atom is -0.485 e. The van der Waals surface area contributed by atoms with Gasteiger partial charge >= 0.3 is 5.63 Å². The van der Waals surface area contributed by atoms with E-state index in [4.69, 9.17) is 20.8 Å². The Morgan fingerprint density at radius 1 is 1.12 bits per heavy atom. The Morgan fingerprint density at radius 2 is 1.84 bits per heavy atom. The second-order valence-electron chi connectivity index (χ2n) is 5.79. The van der Waals surface area contributed by atoms with E-state index in [9.17, 15) is 14.9 Å². The molecule has 1 aliphatic heterocycles. The van der Waals surface area contributed by atoms with Gasteiger partial charge in [-0.3, -0.25) is 10.1 Å². The molecule has 1 aromatic heterocycles. The van der Waals surface area contributed by atoms with Crippen LogP contribution < -0.4 is 10.4 Å². The van der Waals surface area contributed by atoms with Gasteiger partial charge in [0.15, 0.2) is 6.61 Å². The molecule has 2 aromatic carbocycles. The Kier molecular flexibility index (Phi) is 3.69. The van der Waals surface area contributed by atoms with Crippen LogP contribution in [0.2, 0.25) is 5.02 Å². The molecule has 3 aromatic rings. The molecule has 0 saturated carbocycles. The van der Waals surface area contributed by atoms with E-state index in [0.717, 1.165) is 0 Å². The molecule has 6 nitrogen and oxygen atoms in total. The molecule has 2 heterocycles. The molecule has 0 saturated heterocycles. The standard InChI is InChI=1S/C18H12ClNO5/c19-12-7-3-1-5-10(12)15-13(20(22)23)9-24-17-11-6-2-4-8-14(11)25-18(21)16(15)17/h1-8,13,15H,9H2/t13-,15+/m0/s1. The number of hydrogen-bond acceptors (Lipinski definition) is 5. The van der Waals surface area contributed by atoms with Crippen molar-refractivity contribution >= 4 is 22.6 Å². The van der Waals surface area contributed by atoms with E-state index in [1.165, 1.54) is 0 Å². The molecular weight excluding hydrogens is 346 g/mol. The lowest BCUT2D eigenvalue weighted by Gasteiger charge is -2.28. The average Bonchev–Trinajstić information content (AvgIpc) is 2.61. The Balaban J connectivity index is 2.05. The molecule has 0 radical (unpaired) electrons. The van der Waals surface area contributed by atoms with Crippen molar-refractivity contribution in [2.75, 3.05) is 6.61 Å². The highest BCUT2D eigenvalue weighted by Gasteiger charge is 2.44. The van der Waals surface area contributed by atoms with Crippen molar-refractivity contribution in [2.45, 2.75) is 12.0 Å². The first-order valence-electron chi connectivity index (χ1n) is 7.64. The first kappa shape index (κ1) is 15.7. The summed E-state index contributed by atoms with van der Waals surface area (Å²) in [5.74, 6) is -0.511. The van der Waals surface area contributed by atoms with Crippen LogP contribution in [0, 0.1) is 10.1 Å². The van der Waals surface area contributed by atoms with Crippen LogP contribution in [-0.4, -0.2) is 17.6 Å². The summed E-state index contributed by atoms with van der Waals surface area (Å²) >= 11 is 6.27. The summed E-state index contributed by atoms with van der Waals surface area (Å²) in [6.07, 6.45) is 0. The van der Waals surface area contributed by atoms with Gasteiger partial charge in [0, 0.05) is 9.95 Å². The zero-order chi connectivity index (χ0) is 17.6. The summed E-state index contributed by atoms with van der Waals surface area (Å²) in [5.41, 5.74) is 0.381. The topological polar surface area (TPSA) is 82.6 Å². The van der Waals surface area contributed by atoms with Crippen molar-refractivity contribution < 1.29 is 14.1 Å². The van der Waals surface area contributed by atoms with E-state index in [1.807, 2.05) is 0 Å². The quantitative estimate of drug-likeness (QED) is 0.397. The molecule has 0 bridgehead atoms. The molecule has 0 fully saturated rings. The number of fused-ring (bicyclic) bond motifs is 3. The average molecular weight is 358 g/mol. The second kappa shape index (κ2) is 5.89. The molecule has 0 unspecified atom stereocenters. The number of halogens is 1. The normalized spacial score (nSPS) is 19.2. The molecule has 7 heteroatoms. The fourth-order valence-corrected chi connectivity index (χ4v) is 3.54. The highest BCUT2D eigenvalue weighted by Crippen LogP contribution is 2.42. The molecular formula is C18H12ClNO5. The van der Waals surface area contributed by atoms with E-state index >= 15 is 0 Å². The highest BCUT2D eigenvalue weighted by molar-refractivity contribution is 6.31. The molecule has 0 aliphatic carbocycles. The number of ether oxygens (including phenoxy) is 1. The Bertz CT molecular complexity index is 1050.